The lowest BCUT2D eigenvalue weighted by Gasteiger charge is -2.08. The molecule has 0 aliphatic rings. The number of aromatic nitrogens is 2. The molecule has 0 aliphatic heterocycles. The van der Waals surface area contributed by atoms with Crippen LogP contribution in [0.5, 0.6) is 11.5 Å². The number of hydrogen-bond acceptors (Lipinski definition) is 5. The van der Waals surface area contributed by atoms with Gasteiger partial charge in [-0.3, -0.25) is 4.79 Å². The molecule has 0 spiro atoms. The Kier molecular flexibility index (Phi) is 5.34. The van der Waals surface area contributed by atoms with E-state index in [2.05, 4.69) is 5.10 Å². The first kappa shape index (κ1) is 15.1. The summed E-state index contributed by atoms with van der Waals surface area (Å²) in [6, 6.07) is 8.96. The summed E-state index contributed by atoms with van der Waals surface area (Å²) in [5.74, 6) is 1.22. The Morgan fingerprint density at radius 3 is 2.86 bits per heavy atom. The normalized spacial score (nSPS) is 10.4. The highest BCUT2D eigenvalue weighted by Gasteiger charge is 2.03. The molecule has 0 bridgehead atoms. The van der Waals surface area contributed by atoms with Crippen LogP contribution in [-0.2, 0) is 6.54 Å². The van der Waals surface area contributed by atoms with E-state index in [0.29, 0.717) is 25.4 Å². The van der Waals surface area contributed by atoms with E-state index in [1.165, 1.54) is 16.9 Å². The van der Waals surface area contributed by atoms with Crippen molar-refractivity contribution >= 4 is 0 Å². The number of nitrogens with zero attached hydrogens (tertiary/aromatic N) is 2. The number of ether oxygens (including phenoxy) is 2. The minimum Gasteiger partial charge on any atom is -0.497 e. The van der Waals surface area contributed by atoms with Gasteiger partial charge in [-0.05, 0) is 30.7 Å². The predicted octanol–water partition coefficient (Wildman–Crippen LogP) is 1.03. The smallest absolute Gasteiger partial charge is 0.270 e. The average Bonchev–Trinajstić information content (AvgIpc) is 2.50. The van der Waals surface area contributed by atoms with Gasteiger partial charge in [-0.15, -0.1) is 0 Å². The minimum atomic E-state index is -0.205. The van der Waals surface area contributed by atoms with Crippen LogP contribution in [0.4, 0.5) is 0 Å². The summed E-state index contributed by atoms with van der Waals surface area (Å²) < 4.78 is 11.9. The first-order valence-corrected chi connectivity index (χ1v) is 6.76. The average molecular weight is 289 g/mol. The Morgan fingerprint density at radius 2 is 2.14 bits per heavy atom. The maximum Gasteiger partial charge on any atom is 0.270 e. The van der Waals surface area contributed by atoms with Crippen LogP contribution in [-0.4, -0.2) is 30.0 Å². The molecule has 2 aromatic rings. The van der Waals surface area contributed by atoms with Crippen LogP contribution in [0, 0.1) is 0 Å². The maximum atomic E-state index is 12.0. The van der Waals surface area contributed by atoms with E-state index >= 15 is 0 Å². The SMILES string of the molecule is COc1cccc(Cn2ncc(OCCCN)cc2=O)c1. The molecule has 0 aliphatic carbocycles. The number of methoxy groups -OCH3 is 1. The van der Waals surface area contributed by atoms with Crippen LogP contribution in [0.2, 0.25) is 0 Å². The summed E-state index contributed by atoms with van der Waals surface area (Å²) >= 11 is 0. The monoisotopic (exact) mass is 289 g/mol. The Labute approximate surface area is 123 Å². The molecule has 0 amide bonds. The topological polar surface area (TPSA) is 79.4 Å². The fraction of sp³-hybridized carbons (Fsp3) is 0.333. The first-order chi connectivity index (χ1) is 10.2. The predicted molar refractivity (Wildman–Crippen MR) is 79.8 cm³/mol. The van der Waals surface area contributed by atoms with Crippen LogP contribution < -0.4 is 20.8 Å². The van der Waals surface area contributed by atoms with Crippen molar-refractivity contribution in [2.75, 3.05) is 20.3 Å². The highest BCUT2D eigenvalue weighted by atomic mass is 16.5. The third-order valence-corrected chi connectivity index (χ3v) is 2.93. The second kappa shape index (κ2) is 7.44. The van der Waals surface area contributed by atoms with Crippen LogP contribution in [0.15, 0.2) is 41.3 Å². The van der Waals surface area contributed by atoms with Gasteiger partial charge >= 0.3 is 0 Å². The molecule has 2 N–H and O–H groups in total. The molecular weight excluding hydrogens is 270 g/mol. The molecule has 112 valence electrons. The van der Waals surface area contributed by atoms with Crippen molar-refractivity contribution < 1.29 is 9.47 Å². The van der Waals surface area contributed by atoms with Crippen molar-refractivity contribution in [1.29, 1.82) is 0 Å². The van der Waals surface area contributed by atoms with Crippen LogP contribution in [0.3, 0.4) is 0 Å². The third kappa shape index (κ3) is 4.32. The van der Waals surface area contributed by atoms with Gasteiger partial charge < -0.3 is 15.2 Å². The van der Waals surface area contributed by atoms with E-state index in [1.54, 1.807) is 7.11 Å². The molecule has 0 fully saturated rings. The third-order valence-electron chi connectivity index (χ3n) is 2.93. The second-order valence-electron chi connectivity index (χ2n) is 4.53. The van der Waals surface area contributed by atoms with Crippen LogP contribution in [0.25, 0.3) is 0 Å². The lowest BCUT2D eigenvalue weighted by atomic mass is 10.2. The molecule has 0 unspecified atom stereocenters. The van der Waals surface area contributed by atoms with Gasteiger partial charge in [-0.1, -0.05) is 12.1 Å². The fourth-order valence-electron chi connectivity index (χ4n) is 1.83. The Bertz CT molecular complexity index is 640. The lowest BCUT2D eigenvalue weighted by Crippen LogP contribution is -2.22. The van der Waals surface area contributed by atoms with Gasteiger partial charge in [0.25, 0.3) is 5.56 Å². The molecule has 0 radical (unpaired) electrons. The van der Waals surface area contributed by atoms with Gasteiger partial charge in [-0.2, -0.15) is 5.10 Å². The molecular formula is C15H19N3O3. The van der Waals surface area contributed by atoms with E-state index < -0.39 is 0 Å². The quantitative estimate of drug-likeness (QED) is 0.770. The molecule has 21 heavy (non-hydrogen) atoms. The summed E-state index contributed by atoms with van der Waals surface area (Å²) in [5.41, 5.74) is 6.12. The molecule has 0 atom stereocenters. The van der Waals surface area contributed by atoms with Gasteiger partial charge in [0, 0.05) is 6.07 Å². The van der Waals surface area contributed by atoms with Gasteiger partial charge in [0.2, 0.25) is 0 Å². The van der Waals surface area contributed by atoms with Gasteiger partial charge in [0.05, 0.1) is 26.5 Å². The zero-order valence-electron chi connectivity index (χ0n) is 12.0. The molecule has 1 aromatic heterocycles. The highest BCUT2D eigenvalue weighted by molar-refractivity contribution is 5.28. The Balaban J connectivity index is 2.08. The van der Waals surface area contributed by atoms with E-state index in [1.807, 2.05) is 24.3 Å². The maximum absolute atomic E-state index is 12.0. The van der Waals surface area contributed by atoms with E-state index in [9.17, 15) is 4.79 Å². The van der Waals surface area contributed by atoms with Crippen molar-refractivity contribution in [3.8, 4) is 11.5 Å². The van der Waals surface area contributed by atoms with Crippen molar-refractivity contribution in [3.05, 3.63) is 52.4 Å². The summed E-state index contributed by atoms with van der Waals surface area (Å²) in [4.78, 5) is 12.0. The first-order valence-electron chi connectivity index (χ1n) is 6.76. The summed E-state index contributed by atoms with van der Waals surface area (Å²) in [6.45, 7) is 1.43. The summed E-state index contributed by atoms with van der Waals surface area (Å²) in [6.07, 6.45) is 2.28. The molecule has 1 aromatic carbocycles. The standard InChI is InChI=1S/C15H19N3O3/c1-20-13-5-2-4-12(8-13)11-18-15(19)9-14(10-17-18)21-7-3-6-16/h2,4-5,8-10H,3,6-7,11,16H2,1H3. The van der Waals surface area contributed by atoms with Crippen LogP contribution in [0.1, 0.15) is 12.0 Å². The van der Waals surface area contributed by atoms with E-state index in [4.69, 9.17) is 15.2 Å². The van der Waals surface area contributed by atoms with Crippen LogP contribution >= 0.6 is 0 Å². The number of rotatable bonds is 7. The van der Waals surface area contributed by atoms with Gasteiger partial charge in [0.15, 0.2) is 0 Å². The lowest BCUT2D eigenvalue weighted by molar-refractivity contribution is 0.309. The van der Waals surface area contributed by atoms with E-state index in [-0.39, 0.29) is 5.56 Å². The molecule has 2 rings (SSSR count). The van der Waals surface area contributed by atoms with Crippen molar-refractivity contribution in [2.24, 2.45) is 5.73 Å². The fourth-order valence-corrected chi connectivity index (χ4v) is 1.83. The highest BCUT2D eigenvalue weighted by Crippen LogP contribution is 2.13. The van der Waals surface area contributed by atoms with E-state index in [0.717, 1.165) is 17.7 Å². The molecule has 0 saturated carbocycles. The van der Waals surface area contributed by atoms with Crippen molar-refractivity contribution in [2.45, 2.75) is 13.0 Å². The second-order valence-corrected chi connectivity index (χ2v) is 4.53. The number of nitrogens with two attached hydrogens (primary N) is 1. The zero-order chi connectivity index (χ0) is 15.1. The Morgan fingerprint density at radius 1 is 1.29 bits per heavy atom. The number of benzene rings is 1. The van der Waals surface area contributed by atoms with Gasteiger partial charge in [-0.25, -0.2) is 4.68 Å². The number of hydrogen-bond donors (Lipinski definition) is 1. The molecule has 6 nitrogen and oxygen atoms in total. The molecule has 0 saturated heterocycles. The summed E-state index contributed by atoms with van der Waals surface area (Å²) in [5, 5.41) is 4.11. The minimum absolute atomic E-state index is 0.205. The largest absolute Gasteiger partial charge is 0.497 e. The Hall–Kier alpha value is -2.34. The van der Waals surface area contributed by atoms with Crippen molar-refractivity contribution in [3.63, 3.8) is 0 Å². The molecule has 1 heterocycles. The zero-order valence-corrected chi connectivity index (χ0v) is 12.0. The molecule has 6 heteroatoms. The van der Waals surface area contributed by atoms with Gasteiger partial charge in [0.1, 0.15) is 11.5 Å². The summed E-state index contributed by atoms with van der Waals surface area (Å²) in [7, 11) is 1.61. The van der Waals surface area contributed by atoms with Crippen molar-refractivity contribution in [1.82, 2.24) is 9.78 Å².